The number of aromatic nitrogens is 1. The topological polar surface area (TPSA) is 50.9 Å². The molecule has 0 saturated carbocycles. The van der Waals surface area contributed by atoms with Crippen LogP contribution in [0.15, 0.2) is 30.5 Å². The second-order valence-electron chi connectivity index (χ2n) is 3.88. The van der Waals surface area contributed by atoms with Crippen LogP contribution in [0.1, 0.15) is 22.4 Å². The molecule has 90 valence electrons. The third-order valence-electron chi connectivity index (χ3n) is 2.60. The summed E-state index contributed by atoms with van der Waals surface area (Å²) in [5.74, 6) is 0. The Morgan fingerprint density at radius 2 is 2.12 bits per heavy atom. The number of hydrogen-bond acceptors (Lipinski definition) is 4. The lowest BCUT2D eigenvalue weighted by molar-refractivity contribution is 0.691. The predicted molar refractivity (Wildman–Crippen MR) is 72.9 cm³/mol. The van der Waals surface area contributed by atoms with Crippen molar-refractivity contribution in [2.75, 3.05) is 5.73 Å². The number of nitrogens with zero attached hydrogens (tertiary/aromatic N) is 1. The summed E-state index contributed by atoms with van der Waals surface area (Å²) in [5, 5.41) is 4.50. The Kier molecular flexibility index (Phi) is 4.12. The van der Waals surface area contributed by atoms with Gasteiger partial charge in [-0.15, -0.1) is 11.3 Å². The van der Waals surface area contributed by atoms with Crippen molar-refractivity contribution in [2.45, 2.75) is 26.4 Å². The van der Waals surface area contributed by atoms with Gasteiger partial charge >= 0.3 is 0 Å². The largest absolute Gasteiger partial charge is 0.398 e. The van der Waals surface area contributed by atoms with Gasteiger partial charge in [0, 0.05) is 29.9 Å². The number of nitrogen functional groups attached to an aromatic ring is 1. The van der Waals surface area contributed by atoms with E-state index in [1.54, 1.807) is 11.3 Å². The van der Waals surface area contributed by atoms with E-state index >= 15 is 0 Å². The molecule has 0 aliphatic rings. The Balaban J connectivity index is 1.85. The number of rotatable bonds is 5. The van der Waals surface area contributed by atoms with E-state index < -0.39 is 0 Å². The minimum Gasteiger partial charge on any atom is -0.398 e. The highest BCUT2D eigenvalue weighted by molar-refractivity contribution is 7.11. The summed E-state index contributed by atoms with van der Waals surface area (Å²) < 4.78 is 0. The average molecular weight is 247 g/mol. The van der Waals surface area contributed by atoms with Gasteiger partial charge in [-0.3, -0.25) is 0 Å². The van der Waals surface area contributed by atoms with Crippen LogP contribution in [0.4, 0.5) is 5.69 Å². The Morgan fingerprint density at radius 3 is 2.82 bits per heavy atom. The van der Waals surface area contributed by atoms with E-state index in [1.165, 1.54) is 4.88 Å². The van der Waals surface area contributed by atoms with Gasteiger partial charge in [-0.05, 0) is 18.1 Å². The SMILES string of the molecule is CCc1cnc(CNCc2ccccc2N)s1. The molecule has 17 heavy (non-hydrogen) atoms. The van der Waals surface area contributed by atoms with Crippen LogP contribution in [0.3, 0.4) is 0 Å². The monoisotopic (exact) mass is 247 g/mol. The Bertz CT molecular complexity index is 479. The molecule has 2 rings (SSSR count). The fourth-order valence-electron chi connectivity index (χ4n) is 1.59. The van der Waals surface area contributed by atoms with Gasteiger partial charge in [0.15, 0.2) is 0 Å². The maximum absolute atomic E-state index is 5.87. The third-order valence-corrected chi connectivity index (χ3v) is 3.74. The number of para-hydroxylation sites is 1. The first-order valence-corrected chi connectivity index (χ1v) is 6.59. The molecule has 0 saturated heterocycles. The Labute approximate surface area is 106 Å². The van der Waals surface area contributed by atoms with E-state index in [4.69, 9.17) is 5.73 Å². The van der Waals surface area contributed by atoms with Gasteiger partial charge in [0.25, 0.3) is 0 Å². The highest BCUT2D eigenvalue weighted by Gasteiger charge is 2.01. The fourth-order valence-corrected chi connectivity index (χ4v) is 2.42. The molecule has 1 aromatic heterocycles. The number of nitrogens with one attached hydrogen (secondary N) is 1. The van der Waals surface area contributed by atoms with Crippen molar-refractivity contribution in [1.29, 1.82) is 0 Å². The number of nitrogens with two attached hydrogens (primary N) is 1. The lowest BCUT2D eigenvalue weighted by Gasteiger charge is -2.05. The van der Waals surface area contributed by atoms with Crippen molar-refractivity contribution in [3.63, 3.8) is 0 Å². The van der Waals surface area contributed by atoms with Crippen molar-refractivity contribution in [3.8, 4) is 0 Å². The molecule has 0 aliphatic carbocycles. The van der Waals surface area contributed by atoms with Crippen LogP contribution < -0.4 is 11.1 Å². The average Bonchev–Trinajstić information content (AvgIpc) is 2.80. The van der Waals surface area contributed by atoms with Gasteiger partial charge in [0.2, 0.25) is 0 Å². The van der Waals surface area contributed by atoms with Crippen molar-refractivity contribution < 1.29 is 0 Å². The molecule has 0 unspecified atom stereocenters. The minimum atomic E-state index is 0.785. The molecule has 4 heteroatoms. The molecule has 3 nitrogen and oxygen atoms in total. The van der Waals surface area contributed by atoms with Crippen LogP contribution in [0.2, 0.25) is 0 Å². The minimum absolute atomic E-state index is 0.785. The molecule has 2 aromatic rings. The molecule has 0 aliphatic heterocycles. The van der Waals surface area contributed by atoms with E-state index in [0.29, 0.717) is 0 Å². The van der Waals surface area contributed by atoms with Crippen LogP contribution in [0.5, 0.6) is 0 Å². The summed E-state index contributed by atoms with van der Waals surface area (Å²) in [5.41, 5.74) is 7.85. The molecule has 0 atom stereocenters. The highest BCUT2D eigenvalue weighted by atomic mass is 32.1. The lowest BCUT2D eigenvalue weighted by Crippen LogP contribution is -2.13. The number of aryl methyl sites for hydroxylation is 1. The smallest absolute Gasteiger partial charge is 0.107 e. The first-order valence-electron chi connectivity index (χ1n) is 5.77. The predicted octanol–water partition coefficient (Wildman–Crippen LogP) is 2.58. The van der Waals surface area contributed by atoms with Crippen molar-refractivity contribution in [1.82, 2.24) is 10.3 Å². The summed E-state index contributed by atoms with van der Waals surface area (Å²) in [6.45, 7) is 3.74. The molecular formula is C13H17N3S. The number of thiazole rings is 1. The maximum atomic E-state index is 5.87. The summed E-state index contributed by atoms with van der Waals surface area (Å²) in [4.78, 5) is 5.70. The second kappa shape index (κ2) is 5.80. The second-order valence-corrected chi connectivity index (χ2v) is 5.08. The van der Waals surface area contributed by atoms with Gasteiger partial charge in [0.05, 0.1) is 0 Å². The van der Waals surface area contributed by atoms with Crippen LogP contribution in [0.25, 0.3) is 0 Å². The van der Waals surface area contributed by atoms with Gasteiger partial charge in [0.1, 0.15) is 5.01 Å². The molecule has 0 radical (unpaired) electrons. The molecule has 1 aromatic carbocycles. The van der Waals surface area contributed by atoms with Gasteiger partial charge in [-0.1, -0.05) is 25.1 Å². The van der Waals surface area contributed by atoms with Gasteiger partial charge in [-0.2, -0.15) is 0 Å². The van der Waals surface area contributed by atoms with E-state index in [2.05, 4.69) is 17.2 Å². The standard InChI is InChI=1S/C13H17N3S/c1-2-11-8-16-13(17-11)9-15-7-10-5-3-4-6-12(10)14/h3-6,8,15H,2,7,9,14H2,1H3. The van der Waals surface area contributed by atoms with Crippen LogP contribution in [0, 0.1) is 0 Å². The van der Waals surface area contributed by atoms with Crippen LogP contribution in [-0.4, -0.2) is 4.98 Å². The van der Waals surface area contributed by atoms with E-state index in [1.807, 2.05) is 30.5 Å². The molecule has 0 spiro atoms. The first kappa shape index (κ1) is 12.1. The summed E-state index contributed by atoms with van der Waals surface area (Å²) >= 11 is 1.77. The maximum Gasteiger partial charge on any atom is 0.107 e. The fraction of sp³-hybridized carbons (Fsp3) is 0.308. The zero-order valence-corrected chi connectivity index (χ0v) is 10.8. The lowest BCUT2D eigenvalue weighted by atomic mass is 10.2. The number of hydrogen-bond donors (Lipinski definition) is 2. The number of benzene rings is 1. The Morgan fingerprint density at radius 1 is 1.29 bits per heavy atom. The van der Waals surface area contributed by atoms with E-state index in [9.17, 15) is 0 Å². The van der Waals surface area contributed by atoms with Crippen LogP contribution in [-0.2, 0) is 19.5 Å². The third kappa shape index (κ3) is 3.28. The summed E-state index contributed by atoms with van der Waals surface area (Å²) in [6, 6.07) is 7.93. The van der Waals surface area contributed by atoms with E-state index in [-0.39, 0.29) is 0 Å². The zero-order valence-electron chi connectivity index (χ0n) is 9.94. The molecule has 0 bridgehead atoms. The molecular weight excluding hydrogens is 230 g/mol. The van der Waals surface area contributed by atoms with E-state index in [0.717, 1.165) is 35.8 Å². The quantitative estimate of drug-likeness (QED) is 0.798. The van der Waals surface area contributed by atoms with Crippen molar-refractivity contribution in [3.05, 3.63) is 45.9 Å². The summed E-state index contributed by atoms with van der Waals surface area (Å²) in [6.07, 6.45) is 3.02. The number of anilines is 1. The van der Waals surface area contributed by atoms with Crippen molar-refractivity contribution >= 4 is 17.0 Å². The normalized spacial score (nSPS) is 10.6. The Hall–Kier alpha value is -1.39. The highest BCUT2D eigenvalue weighted by Crippen LogP contribution is 2.14. The van der Waals surface area contributed by atoms with Gasteiger partial charge < -0.3 is 11.1 Å². The molecule has 0 amide bonds. The first-order chi connectivity index (χ1) is 8.29. The zero-order chi connectivity index (χ0) is 12.1. The molecule has 3 N–H and O–H groups in total. The van der Waals surface area contributed by atoms with Gasteiger partial charge in [-0.25, -0.2) is 4.98 Å². The summed E-state index contributed by atoms with van der Waals surface area (Å²) in [7, 11) is 0. The van der Waals surface area contributed by atoms with Crippen LogP contribution >= 0.6 is 11.3 Å². The van der Waals surface area contributed by atoms with Crippen molar-refractivity contribution in [2.24, 2.45) is 0 Å². The molecule has 0 fully saturated rings. The molecule has 1 heterocycles.